The zero-order chi connectivity index (χ0) is 25.1. The molecule has 3 N–H and O–H groups in total. The molecule has 3 aliphatic rings. The quantitative estimate of drug-likeness (QED) is 0.558. The molecule has 10 heteroatoms. The highest BCUT2D eigenvalue weighted by atomic mass is 35.5. The molecule has 0 radical (unpaired) electrons. The van der Waals surface area contributed by atoms with E-state index in [1.54, 1.807) is 29.2 Å². The SMILES string of the molecule is O=C(N=C1NCCN1)c1cc(F)c(Nc2cccc(C(=O)N3CCOCC3)c2Cl)c(C2CCCC2)c1. The van der Waals surface area contributed by atoms with E-state index in [-0.39, 0.29) is 28.1 Å². The number of nitrogens with zero attached hydrogens (tertiary/aromatic N) is 2. The molecule has 36 heavy (non-hydrogen) atoms. The number of aliphatic imine (C=N–C) groups is 1. The third-order valence-electron chi connectivity index (χ3n) is 6.87. The number of anilines is 2. The number of benzene rings is 2. The standard InChI is InChI=1S/C26H29ClFN5O3/c27-22-18(25(35)33-10-12-36-13-11-33)6-3-7-21(22)31-23-19(16-4-1-2-5-16)14-17(15-20(23)28)24(34)32-26-29-8-9-30-26/h3,6-7,14-16,31H,1-2,4-5,8-13H2,(H2,29,30,32,34). The monoisotopic (exact) mass is 513 g/mol. The fraction of sp³-hybridized carbons (Fsp3) is 0.423. The van der Waals surface area contributed by atoms with Gasteiger partial charge in [0.25, 0.3) is 11.8 Å². The summed E-state index contributed by atoms with van der Waals surface area (Å²) < 4.78 is 20.9. The van der Waals surface area contributed by atoms with E-state index in [1.807, 2.05) is 0 Å². The molecule has 0 unspecified atom stereocenters. The average Bonchev–Trinajstić information content (AvgIpc) is 3.61. The van der Waals surface area contributed by atoms with Crippen molar-refractivity contribution in [1.82, 2.24) is 15.5 Å². The Balaban J connectivity index is 1.47. The molecule has 1 aliphatic carbocycles. The number of morpholine rings is 1. The highest BCUT2D eigenvalue weighted by molar-refractivity contribution is 6.36. The van der Waals surface area contributed by atoms with Crippen LogP contribution in [0.3, 0.4) is 0 Å². The molecule has 2 heterocycles. The predicted molar refractivity (Wildman–Crippen MR) is 137 cm³/mol. The van der Waals surface area contributed by atoms with Crippen LogP contribution in [0.15, 0.2) is 35.3 Å². The number of guanidine groups is 1. The van der Waals surface area contributed by atoms with Gasteiger partial charge in [0.15, 0.2) is 5.96 Å². The molecule has 0 aromatic heterocycles. The van der Waals surface area contributed by atoms with Gasteiger partial charge in [0.05, 0.1) is 35.2 Å². The third-order valence-corrected chi connectivity index (χ3v) is 7.28. The molecule has 8 nitrogen and oxygen atoms in total. The molecule has 2 saturated heterocycles. The van der Waals surface area contributed by atoms with Gasteiger partial charge in [-0.1, -0.05) is 30.5 Å². The Morgan fingerprint density at radius 2 is 1.83 bits per heavy atom. The molecule has 0 atom stereocenters. The van der Waals surface area contributed by atoms with Crippen LogP contribution in [-0.4, -0.2) is 62.1 Å². The number of nitrogens with one attached hydrogen (secondary N) is 3. The van der Waals surface area contributed by atoms with Crippen LogP contribution in [-0.2, 0) is 4.74 Å². The number of hydrogen-bond donors (Lipinski definition) is 3. The lowest BCUT2D eigenvalue weighted by Crippen LogP contribution is -2.40. The summed E-state index contributed by atoms with van der Waals surface area (Å²) in [6, 6.07) is 8.06. The number of ether oxygens (including phenoxy) is 1. The van der Waals surface area contributed by atoms with Crippen molar-refractivity contribution in [1.29, 1.82) is 0 Å². The van der Waals surface area contributed by atoms with Gasteiger partial charge in [-0.25, -0.2) is 4.39 Å². The molecule has 190 valence electrons. The smallest absolute Gasteiger partial charge is 0.280 e. The molecule has 2 amide bonds. The minimum absolute atomic E-state index is 0.113. The van der Waals surface area contributed by atoms with E-state index < -0.39 is 11.7 Å². The van der Waals surface area contributed by atoms with Gasteiger partial charge < -0.3 is 25.6 Å². The van der Waals surface area contributed by atoms with Crippen molar-refractivity contribution >= 4 is 40.7 Å². The van der Waals surface area contributed by atoms with Crippen LogP contribution in [0.1, 0.15) is 57.9 Å². The van der Waals surface area contributed by atoms with Crippen molar-refractivity contribution in [2.75, 3.05) is 44.7 Å². The van der Waals surface area contributed by atoms with E-state index in [4.69, 9.17) is 16.3 Å². The van der Waals surface area contributed by atoms with Crippen LogP contribution in [0.25, 0.3) is 0 Å². The lowest BCUT2D eigenvalue weighted by atomic mass is 9.93. The van der Waals surface area contributed by atoms with Gasteiger partial charge in [-0.3, -0.25) is 9.59 Å². The van der Waals surface area contributed by atoms with Crippen LogP contribution in [0.4, 0.5) is 15.8 Å². The second kappa shape index (κ2) is 10.8. The molecule has 2 aliphatic heterocycles. The molecule has 0 bridgehead atoms. The number of rotatable bonds is 5. The van der Waals surface area contributed by atoms with E-state index in [2.05, 4.69) is 20.9 Å². The van der Waals surface area contributed by atoms with Gasteiger partial charge in [-0.15, -0.1) is 0 Å². The number of amides is 2. The summed E-state index contributed by atoms with van der Waals surface area (Å²) in [4.78, 5) is 31.6. The summed E-state index contributed by atoms with van der Waals surface area (Å²) in [7, 11) is 0. The second-order valence-electron chi connectivity index (χ2n) is 9.22. The predicted octanol–water partition coefficient (Wildman–Crippen LogP) is 4.04. The Hall–Kier alpha value is -3.17. The topological polar surface area (TPSA) is 95.1 Å². The molecule has 3 fully saturated rings. The van der Waals surface area contributed by atoms with Crippen molar-refractivity contribution in [3.63, 3.8) is 0 Å². The van der Waals surface area contributed by atoms with E-state index in [9.17, 15) is 9.59 Å². The van der Waals surface area contributed by atoms with E-state index in [0.29, 0.717) is 56.6 Å². The van der Waals surface area contributed by atoms with Crippen LogP contribution < -0.4 is 16.0 Å². The van der Waals surface area contributed by atoms with Crippen molar-refractivity contribution in [2.24, 2.45) is 4.99 Å². The van der Waals surface area contributed by atoms with Crippen LogP contribution in [0.5, 0.6) is 0 Å². The maximum atomic E-state index is 15.6. The van der Waals surface area contributed by atoms with Crippen molar-refractivity contribution in [2.45, 2.75) is 31.6 Å². The zero-order valence-electron chi connectivity index (χ0n) is 19.9. The summed E-state index contributed by atoms with van der Waals surface area (Å²) in [6.07, 6.45) is 3.91. The fourth-order valence-corrected chi connectivity index (χ4v) is 5.23. The van der Waals surface area contributed by atoms with Crippen LogP contribution >= 0.6 is 11.6 Å². The van der Waals surface area contributed by atoms with Gasteiger partial charge >= 0.3 is 0 Å². The first-order valence-corrected chi connectivity index (χ1v) is 12.8. The van der Waals surface area contributed by atoms with Crippen LogP contribution in [0.2, 0.25) is 5.02 Å². The largest absolute Gasteiger partial charge is 0.378 e. The van der Waals surface area contributed by atoms with Crippen LogP contribution in [0, 0.1) is 5.82 Å². The molecule has 2 aromatic carbocycles. The first-order chi connectivity index (χ1) is 17.5. The number of hydrogen-bond acceptors (Lipinski definition) is 4. The Morgan fingerprint density at radius 1 is 1.11 bits per heavy atom. The highest BCUT2D eigenvalue weighted by Crippen LogP contribution is 2.41. The zero-order valence-corrected chi connectivity index (χ0v) is 20.7. The maximum Gasteiger partial charge on any atom is 0.280 e. The van der Waals surface area contributed by atoms with Gasteiger partial charge in [0.1, 0.15) is 5.82 Å². The molecule has 1 saturated carbocycles. The summed E-state index contributed by atoms with van der Waals surface area (Å²) >= 11 is 6.66. The number of carbonyl (C=O) groups is 2. The molecule has 2 aromatic rings. The van der Waals surface area contributed by atoms with Crippen molar-refractivity contribution in [3.05, 3.63) is 57.9 Å². The first kappa shape index (κ1) is 24.5. The van der Waals surface area contributed by atoms with E-state index >= 15 is 4.39 Å². The maximum absolute atomic E-state index is 15.6. The number of halogens is 2. The lowest BCUT2D eigenvalue weighted by molar-refractivity contribution is 0.0303. The van der Waals surface area contributed by atoms with Crippen molar-refractivity contribution in [3.8, 4) is 0 Å². The van der Waals surface area contributed by atoms with Gasteiger partial charge in [-0.2, -0.15) is 4.99 Å². The summed E-state index contributed by atoms with van der Waals surface area (Å²) in [6.45, 7) is 3.34. The first-order valence-electron chi connectivity index (χ1n) is 12.4. The van der Waals surface area contributed by atoms with E-state index in [0.717, 1.165) is 31.2 Å². The minimum Gasteiger partial charge on any atom is -0.378 e. The normalized spacial score (nSPS) is 18.1. The van der Waals surface area contributed by atoms with E-state index in [1.165, 1.54) is 6.07 Å². The fourth-order valence-electron chi connectivity index (χ4n) is 4.98. The van der Waals surface area contributed by atoms with Crippen molar-refractivity contribution < 1.29 is 18.7 Å². The number of carbonyl (C=O) groups excluding carboxylic acids is 2. The summed E-state index contributed by atoms with van der Waals surface area (Å²) in [5.74, 6) is -0.734. The summed E-state index contributed by atoms with van der Waals surface area (Å²) in [5, 5.41) is 9.36. The lowest BCUT2D eigenvalue weighted by Gasteiger charge is -2.27. The third kappa shape index (κ3) is 5.17. The highest BCUT2D eigenvalue weighted by Gasteiger charge is 2.26. The van der Waals surface area contributed by atoms with Gasteiger partial charge in [0, 0.05) is 31.7 Å². The molecule has 0 spiro atoms. The van der Waals surface area contributed by atoms with Gasteiger partial charge in [-0.05, 0) is 48.6 Å². The average molecular weight is 514 g/mol. The Morgan fingerprint density at radius 3 is 2.56 bits per heavy atom. The Kier molecular flexibility index (Phi) is 7.38. The summed E-state index contributed by atoms with van der Waals surface area (Å²) in [5.41, 5.74) is 1.99. The molecule has 5 rings (SSSR count). The Bertz CT molecular complexity index is 1180. The molecular formula is C26H29ClFN5O3. The molecular weight excluding hydrogens is 485 g/mol. The second-order valence-corrected chi connectivity index (χ2v) is 9.60. The minimum atomic E-state index is -0.559. The Labute approximate surface area is 214 Å². The van der Waals surface area contributed by atoms with Gasteiger partial charge in [0.2, 0.25) is 0 Å².